The van der Waals surface area contributed by atoms with E-state index in [4.69, 9.17) is 0 Å². The predicted octanol–water partition coefficient (Wildman–Crippen LogP) is 5.07. The van der Waals surface area contributed by atoms with Crippen molar-refractivity contribution in [3.8, 4) is 5.75 Å². The van der Waals surface area contributed by atoms with Crippen LogP contribution in [0.5, 0.6) is 5.75 Å². The van der Waals surface area contributed by atoms with Gasteiger partial charge in [-0.25, -0.2) is 0 Å². The van der Waals surface area contributed by atoms with Crippen molar-refractivity contribution in [1.82, 2.24) is 4.98 Å². The number of carbonyl (C=O) groups excluding carboxylic acids is 1. The fraction of sp³-hybridized carbons (Fsp3) is 0.304. The van der Waals surface area contributed by atoms with E-state index in [9.17, 15) is 9.90 Å². The van der Waals surface area contributed by atoms with Crippen LogP contribution in [0.2, 0.25) is 0 Å². The van der Waals surface area contributed by atoms with Gasteiger partial charge in [-0.15, -0.1) is 0 Å². The molecule has 0 aliphatic heterocycles. The fourth-order valence-corrected chi connectivity index (χ4v) is 4.18. The summed E-state index contributed by atoms with van der Waals surface area (Å²) in [6, 6.07) is 17.4. The van der Waals surface area contributed by atoms with Gasteiger partial charge in [-0.2, -0.15) is 0 Å². The first kappa shape index (κ1) is 17.5. The maximum atomic E-state index is 13.3. The van der Waals surface area contributed by atoms with E-state index in [0.717, 1.165) is 37.5 Å². The number of benzene rings is 2. The number of phenolic OH excluding ortho intramolecular Hbond substituents is 1. The lowest BCUT2D eigenvalue weighted by atomic mass is 9.69. The van der Waals surface area contributed by atoms with Crippen LogP contribution in [-0.2, 0) is 11.2 Å². The number of amides is 1. The first-order chi connectivity index (χ1) is 13.2. The van der Waals surface area contributed by atoms with Crippen LogP contribution in [0.15, 0.2) is 60.8 Å². The lowest BCUT2D eigenvalue weighted by molar-refractivity contribution is -0.127. The Bertz CT molecular complexity index is 947. The number of nitrogens with zero attached hydrogens (tertiary/aromatic N) is 1. The number of fused-ring (bicyclic) bond motifs is 1. The minimum atomic E-state index is -0.368. The highest BCUT2D eigenvalue weighted by Crippen LogP contribution is 2.40. The van der Waals surface area contributed by atoms with Crippen LogP contribution >= 0.6 is 0 Å². The van der Waals surface area contributed by atoms with E-state index in [1.807, 2.05) is 30.3 Å². The maximum Gasteiger partial charge on any atom is 0.230 e. The molecule has 1 fully saturated rings. The SMILES string of the molecule is O=C(Nc1cnc2c(O)cccc2c1)C1(Cc2ccccc2)CCCCC1. The second-order valence-corrected chi connectivity index (χ2v) is 7.53. The minimum absolute atomic E-state index is 0.0763. The van der Waals surface area contributed by atoms with Crippen molar-refractivity contribution in [2.75, 3.05) is 5.32 Å². The smallest absolute Gasteiger partial charge is 0.230 e. The molecule has 27 heavy (non-hydrogen) atoms. The van der Waals surface area contributed by atoms with Gasteiger partial charge in [-0.1, -0.05) is 61.7 Å². The monoisotopic (exact) mass is 360 g/mol. The molecular formula is C23H24N2O2. The molecule has 1 aliphatic rings. The highest BCUT2D eigenvalue weighted by molar-refractivity contribution is 5.97. The maximum absolute atomic E-state index is 13.3. The molecule has 2 aromatic carbocycles. The van der Waals surface area contributed by atoms with Crippen molar-refractivity contribution in [1.29, 1.82) is 0 Å². The Morgan fingerprint density at radius 3 is 2.59 bits per heavy atom. The van der Waals surface area contributed by atoms with Gasteiger partial charge in [0.05, 0.1) is 17.3 Å². The first-order valence-electron chi connectivity index (χ1n) is 9.59. The Labute approximate surface area is 159 Å². The van der Waals surface area contributed by atoms with Crippen LogP contribution in [0.25, 0.3) is 10.9 Å². The van der Waals surface area contributed by atoms with Crippen molar-refractivity contribution >= 4 is 22.5 Å². The number of phenols is 1. The molecule has 2 N–H and O–H groups in total. The molecule has 1 saturated carbocycles. The van der Waals surface area contributed by atoms with Crippen LogP contribution < -0.4 is 5.32 Å². The largest absolute Gasteiger partial charge is 0.506 e. The van der Waals surface area contributed by atoms with Gasteiger partial charge in [0, 0.05) is 5.39 Å². The zero-order valence-corrected chi connectivity index (χ0v) is 15.3. The van der Waals surface area contributed by atoms with E-state index in [2.05, 4.69) is 22.4 Å². The van der Waals surface area contributed by atoms with Crippen molar-refractivity contribution in [3.63, 3.8) is 0 Å². The highest BCUT2D eigenvalue weighted by Gasteiger charge is 2.39. The number of para-hydroxylation sites is 1. The number of carbonyl (C=O) groups is 1. The molecular weight excluding hydrogens is 336 g/mol. The Morgan fingerprint density at radius 2 is 1.81 bits per heavy atom. The third kappa shape index (κ3) is 3.65. The van der Waals surface area contributed by atoms with Gasteiger partial charge in [0.25, 0.3) is 0 Å². The molecule has 0 atom stereocenters. The zero-order chi connectivity index (χ0) is 18.7. The number of pyridine rings is 1. The average Bonchev–Trinajstić information content (AvgIpc) is 2.69. The second-order valence-electron chi connectivity index (χ2n) is 7.53. The topological polar surface area (TPSA) is 62.2 Å². The fourth-order valence-electron chi connectivity index (χ4n) is 4.18. The van der Waals surface area contributed by atoms with Gasteiger partial charge in [-0.05, 0) is 37.0 Å². The molecule has 1 aromatic heterocycles. The van der Waals surface area contributed by atoms with Crippen molar-refractivity contribution in [2.24, 2.45) is 5.41 Å². The van der Waals surface area contributed by atoms with Crippen LogP contribution in [0.4, 0.5) is 5.69 Å². The molecule has 0 saturated heterocycles. The predicted molar refractivity (Wildman–Crippen MR) is 108 cm³/mol. The van der Waals surface area contributed by atoms with E-state index < -0.39 is 0 Å². The molecule has 4 heteroatoms. The average molecular weight is 360 g/mol. The second kappa shape index (κ2) is 7.39. The Kier molecular flexibility index (Phi) is 4.80. The number of aromatic hydroxyl groups is 1. The summed E-state index contributed by atoms with van der Waals surface area (Å²) in [5.74, 6) is 0.227. The molecule has 3 aromatic rings. The Morgan fingerprint density at radius 1 is 1.04 bits per heavy atom. The van der Waals surface area contributed by atoms with E-state index in [1.165, 1.54) is 12.0 Å². The number of hydrogen-bond donors (Lipinski definition) is 2. The third-order valence-corrected chi connectivity index (χ3v) is 5.63. The quantitative estimate of drug-likeness (QED) is 0.682. The van der Waals surface area contributed by atoms with Crippen molar-refractivity contribution < 1.29 is 9.90 Å². The molecule has 0 radical (unpaired) electrons. The lowest BCUT2D eigenvalue weighted by Crippen LogP contribution is -2.40. The Balaban J connectivity index is 1.60. The van der Waals surface area contributed by atoms with Gasteiger partial charge < -0.3 is 10.4 Å². The van der Waals surface area contributed by atoms with Gasteiger partial charge in [0.15, 0.2) is 0 Å². The van der Waals surface area contributed by atoms with Gasteiger partial charge in [0.2, 0.25) is 5.91 Å². The summed E-state index contributed by atoms with van der Waals surface area (Å²) in [5, 5.41) is 13.8. The summed E-state index contributed by atoms with van der Waals surface area (Å²) in [5.41, 5.74) is 2.06. The molecule has 0 bridgehead atoms. The molecule has 138 valence electrons. The molecule has 1 heterocycles. The normalized spacial score (nSPS) is 16.1. The van der Waals surface area contributed by atoms with Gasteiger partial charge >= 0.3 is 0 Å². The molecule has 0 unspecified atom stereocenters. The summed E-state index contributed by atoms with van der Waals surface area (Å²) in [6.07, 6.45) is 7.58. The Hall–Kier alpha value is -2.88. The van der Waals surface area contributed by atoms with Gasteiger partial charge in [0.1, 0.15) is 11.3 Å². The van der Waals surface area contributed by atoms with E-state index in [0.29, 0.717) is 11.2 Å². The van der Waals surface area contributed by atoms with E-state index in [-0.39, 0.29) is 17.1 Å². The third-order valence-electron chi connectivity index (χ3n) is 5.63. The summed E-state index contributed by atoms with van der Waals surface area (Å²) < 4.78 is 0. The van der Waals surface area contributed by atoms with E-state index >= 15 is 0 Å². The molecule has 1 amide bonds. The van der Waals surface area contributed by atoms with Crippen LogP contribution in [0, 0.1) is 5.41 Å². The standard InChI is InChI=1S/C23H24N2O2/c26-20-11-7-10-18-14-19(16-24-21(18)20)25-22(27)23(12-5-2-6-13-23)15-17-8-3-1-4-9-17/h1,3-4,7-11,14,16,26H,2,5-6,12-13,15H2,(H,25,27). The minimum Gasteiger partial charge on any atom is -0.506 e. The number of anilines is 1. The van der Waals surface area contributed by atoms with Crippen LogP contribution in [0.3, 0.4) is 0 Å². The lowest BCUT2D eigenvalue weighted by Gasteiger charge is -2.36. The molecule has 4 rings (SSSR count). The summed E-state index contributed by atoms with van der Waals surface area (Å²) in [4.78, 5) is 17.6. The number of hydrogen-bond acceptors (Lipinski definition) is 3. The number of rotatable bonds is 4. The van der Waals surface area contributed by atoms with E-state index in [1.54, 1.807) is 18.3 Å². The van der Waals surface area contributed by atoms with Crippen molar-refractivity contribution in [2.45, 2.75) is 38.5 Å². The zero-order valence-electron chi connectivity index (χ0n) is 15.3. The first-order valence-corrected chi connectivity index (χ1v) is 9.59. The summed E-state index contributed by atoms with van der Waals surface area (Å²) in [7, 11) is 0. The van der Waals surface area contributed by atoms with Crippen LogP contribution in [0.1, 0.15) is 37.7 Å². The highest BCUT2D eigenvalue weighted by atomic mass is 16.3. The number of nitrogens with one attached hydrogen (secondary N) is 1. The van der Waals surface area contributed by atoms with Gasteiger partial charge in [-0.3, -0.25) is 9.78 Å². The summed E-state index contributed by atoms with van der Waals surface area (Å²) in [6.45, 7) is 0. The molecule has 1 aliphatic carbocycles. The van der Waals surface area contributed by atoms with Crippen molar-refractivity contribution in [3.05, 3.63) is 66.4 Å². The molecule has 4 nitrogen and oxygen atoms in total. The van der Waals surface area contributed by atoms with Crippen LogP contribution in [-0.4, -0.2) is 16.0 Å². The number of aromatic nitrogens is 1. The summed E-state index contributed by atoms with van der Waals surface area (Å²) >= 11 is 0. The molecule has 0 spiro atoms.